The second-order valence-corrected chi connectivity index (χ2v) is 5.86. The molecule has 8 nitrogen and oxygen atoms in total. The number of nitrogens with one attached hydrogen (secondary N) is 3. The van der Waals surface area contributed by atoms with Crippen LogP contribution in [0, 0.1) is 13.8 Å². The van der Waals surface area contributed by atoms with E-state index in [4.69, 9.17) is 9.15 Å². The van der Waals surface area contributed by atoms with Gasteiger partial charge in [0.2, 0.25) is 5.89 Å². The van der Waals surface area contributed by atoms with Crippen molar-refractivity contribution in [1.82, 2.24) is 20.9 Å². The van der Waals surface area contributed by atoms with E-state index in [0.29, 0.717) is 42.8 Å². The summed E-state index contributed by atoms with van der Waals surface area (Å²) in [7, 11) is 1.57. The fraction of sp³-hybridized carbons (Fsp3) is 0.421. The quantitative estimate of drug-likeness (QED) is 0.222. The van der Waals surface area contributed by atoms with Crippen LogP contribution in [-0.4, -0.2) is 43.6 Å². The Morgan fingerprint density at radius 3 is 2.61 bits per heavy atom. The van der Waals surface area contributed by atoms with Gasteiger partial charge in [0, 0.05) is 25.2 Å². The molecule has 0 saturated heterocycles. The van der Waals surface area contributed by atoms with E-state index in [1.54, 1.807) is 31.4 Å². The third-order valence-electron chi connectivity index (χ3n) is 3.82. The van der Waals surface area contributed by atoms with E-state index in [1.807, 2.05) is 20.8 Å². The van der Waals surface area contributed by atoms with Gasteiger partial charge in [-0.05, 0) is 39.0 Å². The van der Waals surface area contributed by atoms with Gasteiger partial charge in [-0.3, -0.25) is 4.79 Å². The highest BCUT2D eigenvalue weighted by molar-refractivity contribution is 14.0. The largest absolute Gasteiger partial charge is 0.497 e. The van der Waals surface area contributed by atoms with E-state index in [-0.39, 0.29) is 29.9 Å². The van der Waals surface area contributed by atoms with Crippen LogP contribution in [0.15, 0.2) is 33.7 Å². The fourth-order valence-electron chi connectivity index (χ4n) is 2.32. The standard InChI is InChI=1S/C19H27N5O3.HI/c1-5-20-19(23-12-17-24-13(2)14(3)27-17)22-10-9-21-18(25)15-7-6-8-16(11-15)26-4;/h6-8,11H,5,9-10,12H2,1-4H3,(H,21,25)(H2,20,22,23);1H. The number of oxazole rings is 1. The van der Waals surface area contributed by atoms with Crippen molar-refractivity contribution in [3.05, 3.63) is 47.2 Å². The molecule has 1 heterocycles. The van der Waals surface area contributed by atoms with E-state index in [2.05, 4.69) is 25.9 Å². The molecule has 0 fully saturated rings. The summed E-state index contributed by atoms with van der Waals surface area (Å²) in [4.78, 5) is 20.9. The maximum atomic E-state index is 12.2. The molecule has 0 aliphatic carbocycles. The normalized spacial score (nSPS) is 10.8. The van der Waals surface area contributed by atoms with Gasteiger partial charge in [0.1, 0.15) is 18.1 Å². The molecule has 2 aromatic rings. The number of aliphatic imine (C=N–C) groups is 1. The van der Waals surface area contributed by atoms with Crippen molar-refractivity contribution in [1.29, 1.82) is 0 Å². The first-order valence-corrected chi connectivity index (χ1v) is 8.90. The molecule has 0 saturated carbocycles. The molecule has 0 spiro atoms. The summed E-state index contributed by atoms with van der Waals surface area (Å²) in [6.45, 7) is 7.83. The fourth-order valence-corrected chi connectivity index (χ4v) is 2.32. The maximum absolute atomic E-state index is 12.2. The Labute approximate surface area is 182 Å². The Morgan fingerprint density at radius 2 is 1.96 bits per heavy atom. The lowest BCUT2D eigenvalue weighted by molar-refractivity contribution is 0.0954. The second-order valence-electron chi connectivity index (χ2n) is 5.86. The minimum absolute atomic E-state index is 0. The first kappa shape index (κ1) is 23.7. The number of nitrogens with zero attached hydrogens (tertiary/aromatic N) is 2. The van der Waals surface area contributed by atoms with Crippen molar-refractivity contribution in [3.63, 3.8) is 0 Å². The zero-order valence-electron chi connectivity index (χ0n) is 16.7. The summed E-state index contributed by atoms with van der Waals surface area (Å²) in [5.74, 6) is 2.52. The number of carbonyl (C=O) groups excluding carboxylic acids is 1. The molecule has 0 bridgehead atoms. The smallest absolute Gasteiger partial charge is 0.251 e. The van der Waals surface area contributed by atoms with Crippen LogP contribution in [0.2, 0.25) is 0 Å². The first-order valence-electron chi connectivity index (χ1n) is 8.90. The van der Waals surface area contributed by atoms with Gasteiger partial charge in [0.25, 0.3) is 5.91 Å². The third kappa shape index (κ3) is 7.37. The lowest BCUT2D eigenvalue weighted by Gasteiger charge is -2.11. The van der Waals surface area contributed by atoms with Gasteiger partial charge in [-0.25, -0.2) is 9.98 Å². The number of rotatable bonds is 8. The van der Waals surface area contributed by atoms with E-state index in [1.165, 1.54) is 0 Å². The molecule has 1 amide bonds. The van der Waals surface area contributed by atoms with Gasteiger partial charge in [-0.2, -0.15) is 0 Å². The van der Waals surface area contributed by atoms with E-state index in [0.717, 1.165) is 18.0 Å². The van der Waals surface area contributed by atoms with Crippen molar-refractivity contribution in [2.45, 2.75) is 27.3 Å². The second kappa shape index (κ2) is 12.2. The van der Waals surface area contributed by atoms with Crippen LogP contribution >= 0.6 is 24.0 Å². The predicted molar refractivity (Wildman–Crippen MR) is 120 cm³/mol. The molecule has 0 aliphatic heterocycles. The number of hydrogen-bond acceptors (Lipinski definition) is 5. The number of guanidine groups is 1. The Bertz CT molecular complexity index is 772. The molecular formula is C19H28IN5O3. The highest BCUT2D eigenvalue weighted by Crippen LogP contribution is 2.12. The van der Waals surface area contributed by atoms with Gasteiger partial charge in [-0.15, -0.1) is 24.0 Å². The summed E-state index contributed by atoms with van der Waals surface area (Å²) in [6.07, 6.45) is 0. The van der Waals surface area contributed by atoms with Crippen LogP contribution in [0.25, 0.3) is 0 Å². The summed E-state index contributed by atoms with van der Waals surface area (Å²) in [5, 5.41) is 9.18. The molecule has 2 rings (SSSR count). The number of halogens is 1. The zero-order chi connectivity index (χ0) is 19.6. The Kier molecular flexibility index (Phi) is 10.4. The summed E-state index contributed by atoms with van der Waals surface area (Å²) in [6, 6.07) is 7.04. The van der Waals surface area contributed by atoms with Crippen LogP contribution in [0.3, 0.4) is 0 Å². The van der Waals surface area contributed by atoms with Gasteiger partial charge >= 0.3 is 0 Å². The van der Waals surface area contributed by atoms with Crippen LogP contribution < -0.4 is 20.7 Å². The average molecular weight is 501 g/mol. The monoisotopic (exact) mass is 501 g/mol. The van der Waals surface area contributed by atoms with Crippen LogP contribution in [-0.2, 0) is 6.54 Å². The van der Waals surface area contributed by atoms with E-state index < -0.39 is 0 Å². The number of aryl methyl sites for hydroxylation is 2. The van der Waals surface area contributed by atoms with Gasteiger partial charge in [0.15, 0.2) is 5.96 Å². The topological polar surface area (TPSA) is 101 Å². The number of carbonyl (C=O) groups is 1. The number of aromatic nitrogens is 1. The number of methoxy groups -OCH3 is 1. The molecule has 1 aromatic heterocycles. The SMILES string of the molecule is CCNC(=NCc1nc(C)c(C)o1)NCCNC(=O)c1cccc(OC)c1.I. The van der Waals surface area contributed by atoms with Crippen molar-refractivity contribution in [2.24, 2.45) is 4.99 Å². The molecule has 28 heavy (non-hydrogen) atoms. The number of hydrogen-bond donors (Lipinski definition) is 3. The maximum Gasteiger partial charge on any atom is 0.251 e. The Morgan fingerprint density at radius 1 is 1.21 bits per heavy atom. The zero-order valence-corrected chi connectivity index (χ0v) is 19.0. The van der Waals surface area contributed by atoms with Crippen LogP contribution in [0.4, 0.5) is 0 Å². The lowest BCUT2D eigenvalue weighted by Crippen LogP contribution is -2.41. The highest BCUT2D eigenvalue weighted by atomic mass is 127. The molecule has 0 unspecified atom stereocenters. The Balaban J connectivity index is 0.00000392. The number of amides is 1. The molecule has 3 N–H and O–H groups in total. The van der Waals surface area contributed by atoms with Crippen molar-refractivity contribution in [2.75, 3.05) is 26.7 Å². The molecule has 154 valence electrons. The van der Waals surface area contributed by atoms with Gasteiger partial charge in [0.05, 0.1) is 12.8 Å². The van der Waals surface area contributed by atoms with Gasteiger partial charge < -0.3 is 25.1 Å². The average Bonchev–Trinajstić information content (AvgIpc) is 3.00. The number of ether oxygens (including phenoxy) is 1. The predicted octanol–water partition coefficient (Wildman–Crippen LogP) is 2.40. The van der Waals surface area contributed by atoms with Crippen molar-refractivity contribution < 1.29 is 13.9 Å². The highest BCUT2D eigenvalue weighted by Gasteiger charge is 2.07. The molecular weight excluding hydrogens is 473 g/mol. The van der Waals surface area contributed by atoms with E-state index in [9.17, 15) is 4.79 Å². The molecule has 9 heteroatoms. The summed E-state index contributed by atoms with van der Waals surface area (Å²) < 4.78 is 10.7. The Hall–Kier alpha value is -2.30. The van der Waals surface area contributed by atoms with Crippen molar-refractivity contribution >= 4 is 35.8 Å². The summed E-state index contributed by atoms with van der Waals surface area (Å²) >= 11 is 0. The minimum atomic E-state index is -0.150. The van der Waals surface area contributed by atoms with Gasteiger partial charge in [-0.1, -0.05) is 6.07 Å². The van der Waals surface area contributed by atoms with Crippen LogP contribution in [0.1, 0.15) is 34.6 Å². The lowest BCUT2D eigenvalue weighted by atomic mass is 10.2. The van der Waals surface area contributed by atoms with Crippen LogP contribution in [0.5, 0.6) is 5.75 Å². The summed E-state index contributed by atoms with van der Waals surface area (Å²) in [5.41, 5.74) is 1.43. The number of benzene rings is 1. The first-order chi connectivity index (χ1) is 13.0. The van der Waals surface area contributed by atoms with E-state index >= 15 is 0 Å². The molecule has 0 aliphatic rings. The molecule has 1 aromatic carbocycles. The molecule has 0 radical (unpaired) electrons. The molecule has 0 atom stereocenters. The van der Waals surface area contributed by atoms with Crippen molar-refractivity contribution in [3.8, 4) is 5.75 Å². The minimum Gasteiger partial charge on any atom is -0.497 e. The third-order valence-corrected chi connectivity index (χ3v) is 3.82.